The molecule has 0 unspecified atom stereocenters. The Labute approximate surface area is 108 Å². The number of rotatable bonds is 2. The van der Waals surface area contributed by atoms with Crippen molar-refractivity contribution < 1.29 is 13.6 Å². The van der Waals surface area contributed by atoms with Crippen LogP contribution in [-0.4, -0.2) is 21.1 Å². The van der Waals surface area contributed by atoms with Crippen molar-refractivity contribution in [3.63, 3.8) is 0 Å². The molecule has 1 N–H and O–H groups in total. The average molecular weight is 315 g/mol. The van der Waals surface area contributed by atoms with Gasteiger partial charge in [0.05, 0.1) is 12.4 Å². The number of nitrogens with one attached hydrogen (secondary N) is 1. The van der Waals surface area contributed by atoms with E-state index < -0.39 is 23.1 Å². The zero-order valence-electron chi connectivity index (χ0n) is 8.69. The molecule has 0 fully saturated rings. The molecule has 0 saturated carbocycles. The smallest absolute Gasteiger partial charge is 0.264 e. The number of carbonyl (C=O) groups is 1. The number of aromatic nitrogens is 3. The minimum atomic E-state index is -0.983. The molecule has 0 saturated heterocycles. The summed E-state index contributed by atoms with van der Waals surface area (Å²) in [7, 11) is 0. The van der Waals surface area contributed by atoms with E-state index in [1.165, 1.54) is 12.4 Å². The third-order valence-corrected chi connectivity index (χ3v) is 2.40. The van der Waals surface area contributed by atoms with E-state index in [0.717, 1.165) is 12.1 Å². The summed E-state index contributed by atoms with van der Waals surface area (Å²) in [6.45, 7) is 0. The summed E-state index contributed by atoms with van der Waals surface area (Å²) in [5.74, 6) is -3.08. The Kier molecular flexibility index (Phi) is 3.56. The molecule has 18 heavy (non-hydrogen) atoms. The molecule has 1 heterocycles. The summed E-state index contributed by atoms with van der Waals surface area (Å²) in [6, 6.07) is 1.98. The summed E-state index contributed by atoms with van der Waals surface area (Å²) >= 11 is 2.92. The van der Waals surface area contributed by atoms with Gasteiger partial charge in [0.1, 0.15) is 17.2 Å². The Bertz CT molecular complexity index is 571. The Morgan fingerprint density at radius 3 is 2.44 bits per heavy atom. The number of carbonyl (C=O) groups excluding carboxylic acids is 1. The van der Waals surface area contributed by atoms with Crippen LogP contribution in [0.2, 0.25) is 0 Å². The van der Waals surface area contributed by atoms with Gasteiger partial charge in [-0.2, -0.15) is 5.10 Å². The van der Waals surface area contributed by atoms with Crippen LogP contribution >= 0.6 is 15.9 Å². The van der Waals surface area contributed by atoms with Gasteiger partial charge < -0.3 is 0 Å². The van der Waals surface area contributed by atoms with Gasteiger partial charge >= 0.3 is 0 Å². The van der Waals surface area contributed by atoms with Crippen molar-refractivity contribution in [3.8, 4) is 0 Å². The SMILES string of the molecule is O=C(Nc1nccnn1)c1c(F)cc(Br)cc1F. The number of benzene rings is 1. The fourth-order valence-corrected chi connectivity index (χ4v) is 1.63. The second kappa shape index (κ2) is 5.13. The molecular formula is C10H5BrF2N4O. The summed E-state index contributed by atoms with van der Waals surface area (Å²) in [4.78, 5) is 15.3. The number of hydrogen-bond acceptors (Lipinski definition) is 4. The first-order chi connectivity index (χ1) is 8.58. The lowest BCUT2D eigenvalue weighted by Crippen LogP contribution is -2.17. The Morgan fingerprint density at radius 1 is 1.22 bits per heavy atom. The van der Waals surface area contributed by atoms with Gasteiger partial charge in [-0.1, -0.05) is 15.9 Å². The Balaban J connectivity index is 2.30. The third kappa shape index (κ3) is 2.65. The van der Waals surface area contributed by atoms with Crippen molar-refractivity contribution in [3.05, 3.63) is 46.2 Å². The third-order valence-electron chi connectivity index (χ3n) is 1.94. The van der Waals surface area contributed by atoms with E-state index >= 15 is 0 Å². The first kappa shape index (κ1) is 12.5. The van der Waals surface area contributed by atoms with Crippen LogP contribution < -0.4 is 5.32 Å². The predicted molar refractivity (Wildman–Crippen MR) is 61.8 cm³/mol. The van der Waals surface area contributed by atoms with Crippen molar-refractivity contribution in [2.24, 2.45) is 0 Å². The fourth-order valence-electron chi connectivity index (χ4n) is 1.23. The van der Waals surface area contributed by atoms with E-state index in [2.05, 4.69) is 36.4 Å². The van der Waals surface area contributed by atoms with Gasteiger partial charge in [0.15, 0.2) is 0 Å². The second-order valence-electron chi connectivity index (χ2n) is 3.16. The van der Waals surface area contributed by atoms with E-state index in [9.17, 15) is 13.6 Å². The maximum Gasteiger partial charge on any atom is 0.264 e. The summed E-state index contributed by atoms with van der Waals surface area (Å²) in [5.41, 5.74) is -0.703. The van der Waals surface area contributed by atoms with Crippen molar-refractivity contribution in [1.29, 1.82) is 0 Å². The zero-order chi connectivity index (χ0) is 13.1. The molecule has 8 heteroatoms. The molecule has 0 aliphatic carbocycles. The molecule has 5 nitrogen and oxygen atoms in total. The van der Waals surface area contributed by atoms with Gasteiger partial charge in [-0.3, -0.25) is 10.1 Å². The van der Waals surface area contributed by atoms with E-state index in [1.807, 2.05) is 0 Å². The summed E-state index contributed by atoms with van der Waals surface area (Å²) in [6.07, 6.45) is 2.59. The molecule has 0 atom stereocenters. The molecule has 92 valence electrons. The van der Waals surface area contributed by atoms with Crippen molar-refractivity contribution in [2.45, 2.75) is 0 Å². The van der Waals surface area contributed by atoms with E-state index in [0.29, 0.717) is 0 Å². The summed E-state index contributed by atoms with van der Waals surface area (Å²) < 4.78 is 27.2. The number of hydrogen-bond donors (Lipinski definition) is 1. The zero-order valence-corrected chi connectivity index (χ0v) is 10.3. The molecular weight excluding hydrogens is 310 g/mol. The highest BCUT2D eigenvalue weighted by molar-refractivity contribution is 9.10. The maximum atomic E-state index is 13.5. The van der Waals surface area contributed by atoms with E-state index in [1.54, 1.807) is 0 Å². The van der Waals surface area contributed by atoms with Crippen LogP contribution in [0.25, 0.3) is 0 Å². The van der Waals surface area contributed by atoms with Crippen LogP contribution in [0.3, 0.4) is 0 Å². The van der Waals surface area contributed by atoms with Crippen LogP contribution in [0.4, 0.5) is 14.7 Å². The quantitative estimate of drug-likeness (QED) is 0.922. The van der Waals surface area contributed by atoms with Crippen LogP contribution in [0.5, 0.6) is 0 Å². The highest BCUT2D eigenvalue weighted by Crippen LogP contribution is 2.20. The van der Waals surface area contributed by atoms with E-state index in [4.69, 9.17) is 0 Å². The minimum Gasteiger partial charge on any atom is -0.289 e. The first-order valence-electron chi connectivity index (χ1n) is 4.67. The van der Waals surface area contributed by atoms with Gasteiger partial charge in [0, 0.05) is 4.47 Å². The first-order valence-corrected chi connectivity index (χ1v) is 5.47. The average Bonchev–Trinajstić information content (AvgIpc) is 2.28. The van der Waals surface area contributed by atoms with Gasteiger partial charge in [-0.25, -0.2) is 13.8 Å². The van der Waals surface area contributed by atoms with E-state index in [-0.39, 0.29) is 10.4 Å². The molecule has 0 radical (unpaired) electrons. The second-order valence-corrected chi connectivity index (χ2v) is 4.08. The highest BCUT2D eigenvalue weighted by Gasteiger charge is 2.19. The molecule has 0 spiro atoms. The molecule has 1 aromatic carbocycles. The maximum absolute atomic E-state index is 13.5. The lowest BCUT2D eigenvalue weighted by molar-refractivity contribution is 0.101. The number of amides is 1. The number of nitrogens with zero attached hydrogens (tertiary/aromatic N) is 3. The van der Waals surface area contributed by atoms with Crippen LogP contribution in [0, 0.1) is 11.6 Å². The van der Waals surface area contributed by atoms with Gasteiger partial charge in [0.25, 0.3) is 5.91 Å². The number of halogens is 3. The molecule has 2 rings (SSSR count). The minimum absolute atomic E-state index is 0.135. The fraction of sp³-hybridized carbons (Fsp3) is 0. The molecule has 2 aromatic rings. The molecule has 0 bridgehead atoms. The van der Waals surface area contributed by atoms with Gasteiger partial charge in [0.2, 0.25) is 5.95 Å². The lowest BCUT2D eigenvalue weighted by atomic mass is 10.2. The topological polar surface area (TPSA) is 67.8 Å². The van der Waals surface area contributed by atoms with Crippen LogP contribution in [-0.2, 0) is 0 Å². The molecule has 1 amide bonds. The van der Waals surface area contributed by atoms with Gasteiger partial charge in [-0.15, -0.1) is 5.10 Å². The van der Waals surface area contributed by atoms with Crippen molar-refractivity contribution in [2.75, 3.05) is 5.32 Å². The van der Waals surface area contributed by atoms with Gasteiger partial charge in [-0.05, 0) is 12.1 Å². The highest BCUT2D eigenvalue weighted by atomic mass is 79.9. The standard InChI is InChI=1S/C10H5BrF2N4O/c11-5-3-6(12)8(7(13)4-5)9(18)16-10-14-1-2-15-17-10/h1-4H,(H,14,16,17,18). The van der Waals surface area contributed by atoms with Crippen LogP contribution in [0.15, 0.2) is 29.0 Å². The molecule has 0 aliphatic heterocycles. The molecule has 0 aliphatic rings. The monoisotopic (exact) mass is 314 g/mol. The Morgan fingerprint density at radius 2 is 1.89 bits per heavy atom. The summed E-state index contributed by atoms with van der Waals surface area (Å²) in [5, 5.41) is 9.08. The Hall–Kier alpha value is -1.96. The number of anilines is 1. The predicted octanol–water partition coefficient (Wildman–Crippen LogP) is 2.16. The molecule has 1 aromatic heterocycles. The largest absolute Gasteiger partial charge is 0.289 e. The van der Waals surface area contributed by atoms with Crippen molar-refractivity contribution >= 4 is 27.8 Å². The lowest BCUT2D eigenvalue weighted by Gasteiger charge is -2.05. The normalized spacial score (nSPS) is 10.2. The van der Waals surface area contributed by atoms with Crippen LogP contribution in [0.1, 0.15) is 10.4 Å². The van der Waals surface area contributed by atoms with Crippen molar-refractivity contribution in [1.82, 2.24) is 15.2 Å².